The molecule has 3 aromatic rings. The summed E-state index contributed by atoms with van der Waals surface area (Å²) >= 11 is 5.64. The van der Waals surface area contributed by atoms with E-state index in [1.165, 1.54) is 26.1 Å². The van der Waals surface area contributed by atoms with Gasteiger partial charge in [0.2, 0.25) is 0 Å². The van der Waals surface area contributed by atoms with E-state index in [1.54, 1.807) is 7.11 Å². The van der Waals surface area contributed by atoms with Crippen molar-refractivity contribution < 1.29 is 4.74 Å². The van der Waals surface area contributed by atoms with E-state index in [4.69, 9.17) is 4.74 Å². The van der Waals surface area contributed by atoms with Crippen LogP contribution in [-0.2, 0) is 0 Å². The van der Waals surface area contributed by atoms with Crippen molar-refractivity contribution in [3.05, 3.63) is 63.8 Å². The summed E-state index contributed by atoms with van der Waals surface area (Å²) in [5.74, 6) is 0.898. The summed E-state index contributed by atoms with van der Waals surface area (Å²) in [5.41, 5.74) is 1.28. The lowest BCUT2D eigenvalue weighted by atomic mass is 10.0. The van der Waals surface area contributed by atoms with Gasteiger partial charge in [0, 0.05) is 9.75 Å². The Labute approximate surface area is 131 Å². The second-order valence-corrected chi connectivity index (χ2v) is 7.02. The molecule has 0 aliphatic heterocycles. The molecule has 1 atom stereocenters. The fraction of sp³-hybridized carbons (Fsp3) is 0.176. The first-order chi connectivity index (χ1) is 9.67. The van der Waals surface area contributed by atoms with Crippen molar-refractivity contribution in [1.29, 1.82) is 0 Å². The molecule has 0 aliphatic rings. The quantitative estimate of drug-likeness (QED) is 0.552. The van der Waals surface area contributed by atoms with Crippen molar-refractivity contribution in [3.63, 3.8) is 0 Å². The van der Waals surface area contributed by atoms with E-state index in [2.05, 4.69) is 65.3 Å². The van der Waals surface area contributed by atoms with Crippen LogP contribution in [0.5, 0.6) is 5.75 Å². The first kappa shape index (κ1) is 13.7. The van der Waals surface area contributed by atoms with Crippen molar-refractivity contribution in [1.82, 2.24) is 0 Å². The summed E-state index contributed by atoms with van der Waals surface area (Å²) in [6.07, 6.45) is 0. The van der Waals surface area contributed by atoms with Gasteiger partial charge >= 0.3 is 0 Å². The maximum atomic E-state index is 5.26. The van der Waals surface area contributed by atoms with Crippen LogP contribution < -0.4 is 4.74 Å². The minimum atomic E-state index is 0.257. The molecule has 0 spiro atoms. The summed E-state index contributed by atoms with van der Waals surface area (Å²) in [4.78, 5) is 2.94. The zero-order valence-electron chi connectivity index (χ0n) is 11.4. The highest BCUT2D eigenvalue weighted by Crippen LogP contribution is 2.36. The highest BCUT2D eigenvalue weighted by Gasteiger charge is 2.12. The minimum Gasteiger partial charge on any atom is -0.497 e. The number of hydrogen-bond donors (Lipinski definition) is 0. The molecule has 1 nitrogen and oxygen atoms in total. The highest BCUT2D eigenvalue weighted by molar-refractivity contribution is 9.09. The van der Waals surface area contributed by atoms with Crippen LogP contribution in [0.1, 0.15) is 20.1 Å². The Balaban J connectivity index is 2.00. The van der Waals surface area contributed by atoms with Crippen LogP contribution >= 0.6 is 27.3 Å². The molecule has 0 saturated heterocycles. The van der Waals surface area contributed by atoms with Crippen molar-refractivity contribution in [2.75, 3.05) is 7.11 Å². The van der Waals surface area contributed by atoms with Crippen LogP contribution in [0.15, 0.2) is 48.5 Å². The number of benzene rings is 2. The zero-order chi connectivity index (χ0) is 14.1. The molecule has 1 aromatic heterocycles. The standard InChI is InChI=1S/C17H15BrOS/c1-11-3-8-16(20-11)17(18)14-5-4-13-10-15(19-2)7-6-12(13)9-14/h3-10,17H,1-2H3. The third-order valence-corrected chi connectivity index (χ3v) is 5.77. The molecule has 0 aliphatic carbocycles. The number of aryl methyl sites for hydroxylation is 1. The number of methoxy groups -OCH3 is 1. The summed E-state index contributed by atoms with van der Waals surface area (Å²) < 4.78 is 5.26. The van der Waals surface area contributed by atoms with Gasteiger partial charge in [-0.1, -0.05) is 34.1 Å². The summed E-state index contributed by atoms with van der Waals surface area (Å²) in [5, 5.41) is 2.44. The molecular weight excluding hydrogens is 332 g/mol. The molecule has 0 amide bonds. The molecule has 2 aromatic carbocycles. The first-order valence-corrected chi connectivity index (χ1v) is 8.19. The molecule has 20 heavy (non-hydrogen) atoms. The van der Waals surface area contributed by atoms with Gasteiger partial charge in [-0.05, 0) is 53.6 Å². The van der Waals surface area contributed by atoms with Crippen molar-refractivity contribution in [2.24, 2.45) is 0 Å². The summed E-state index contributed by atoms with van der Waals surface area (Å²) in [7, 11) is 1.70. The van der Waals surface area contributed by atoms with Gasteiger partial charge in [0.1, 0.15) is 5.75 Å². The number of hydrogen-bond acceptors (Lipinski definition) is 2. The third kappa shape index (κ3) is 2.60. The number of alkyl halides is 1. The van der Waals surface area contributed by atoms with Crippen molar-refractivity contribution in [3.8, 4) is 5.75 Å². The Morgan fingerprint density at radius 2 is 1.75 bits per heavy atom. The molecule has 3 heteroatoms. The van der Waals surface area contributed by atoms with E-state index in [9.17, 15) is 0 Å². The molecule has 0 fully saturated rings. The van der Waals surface area contributed by atoms with Crippen molar-refractivity contribution in [2.45, 2.75) is 11.8 Å². The SMILES string of the molecule is COc1ccc2cc(C(Br)c3ccc(C)s3)ccc2c1. The normalized spacial score (nSPS) is 12.6. The van der Waals surface area contributed by atoms with E-state index in [0.29, 0.717) is 0 Å². The first-order valence-electron chi connectivity index (χ1n) is 6.45. The van der Waals surface area contributed by atoms with Crippen LogP contribution in [-0.4, -0.2) is 7.11 Å². The second-order valence-electron chi connectivity index (χ2n) is 4.78. The topological polar surface area (TPSA) is 9.23 Å². The minimum absolute atomic E-state index is 0.257. The highest BCUT2D eigenvalue weighted by atomic mass is 79.9. The van der Waals surface area contributed by atoms with Crippen LogP contribution in [0.25, 0.3) is 10.8 Å². The van der Waals surface area contributed by atoms with E-state index in [-0.39, 0.29) is 4.83 Å². The lowest BCUT2D eigenvalue weighted by Crippen LogP contribution is -1.90. The van der Waals surface area contributed by atoms with Crippen LogP contribution in [0, 0.1) is 6.92 Å². The molecule has 1 unspecified atom stereocenters. The fourth-order valence-corrected chi connectivity index (χ4v) is 3.88. The number of rotatable bonds is 3. The lowest BCUT2D eigenvalue weighted by Gasteiger charge is -2.10. The molecule has 0 N–H and O–H groups in total. The Bertz CT molecular complexity index is 748. The molecular formula is C17H15BrOS. The van der Waals surface area contributed by atoms with Gasteiger partial charge in [-0.25, -0.2) is 0 Å². The third-order valence-electron chi connectivity index (χ3n) is 3.38. The van der Waals surface area contributed by atoms with E-state index in [1.807, 2.05) is 17.4 Å². The van der Waals surface area contributed by atoms with Crippen LogP contribution in [0.4, 0.5) is 0 Å². The van der Waals surface area contributed by atoms with Crippen LogP contribution in [0.3, 0.4) is 0 Å². The summed E-state index contributed by atoms with van der Waals surface area (Å²) in [6.45, 7) is 2.14. The average molecular weight is 347 g/mol. The molecule has 1 heterocycles. The van der Waals surface area contributed by atoms with Gasteiger partial charge in [-0.2, -0.15) is 0 Å². The molecule has 0 bridgehead atoms. The number of fused-ring (bicyclic) bond motifs is 1. The fourth-order valence-electron chi connectivity index (χ4n) is 2.28. The Hall–Kier alpha value is -1.32. The van der Waals surface area contributed by atoms with Gasteiger partial charge in [-0.3, -0.25) is 0 Å². The molecule has 0 saturated carbocycles. The van der Waals surface area contributed by atoms with Gasteiger partial charge in [0.25, 0.3) is 0 Å². The van der Waals surface area contributed by atoms with Gasteiger partial charge in [0.05, 0.1) is 11.9 Å². The Morgan fingerprint density at radius 3 is 2.45 bits per heavy atom. The summed E-state index contributed by atoms with van der Waals surface area (Å²) in [6, 6.07) is 17.1. The maximum absolute atomic E-state index is 5.26. The van der Waals surface area contributed by atoms with E-state index >= 15 is 0 Å². The number of halogens is 1. The number of ether oxygens (including phenoxy) is 1. The average Bonchev–Trinajstić information content (AvgIpc) is 2.92. The Kier molecular flexibility index (Phi) is 3.81. The molecule has 102 valence electrons. The van der Waals surface area contributed by atoms with Gasteiger partial charge < -0.3 is 4.74 Å². The molecule has 3 rings (SSSR count). The van der Waals surface area contributed by atoms with Crippen LogP contribution in [0.2, 0.25) is 0 Å². The zero-order valence-corrected chi connectivity index (χ0v) is 13.8. The largest absolute Gasteiger partial charge is 0.497 e. The second kappa shape index (κ2) is 5.58. The van der Waals surface area contributed by atoms with E-state index < -0.39 is 0 Å². The lowest BCUT2D eigenvalue weighted by molar-refractivity contribution is 0.415. The monoisotopic (exact) mass is 346 g/mol. The Morgan fingerprint density at radius 1 is 1.00 bits per heavy atom. The predicted molar refractivity (Wildman–Crippen MR) is 90.3 cm³/mol. The predicted octanol–water partition coefficient (Wildman–Crippen LogP) is 5.70. The number of thiophene rings is 1. The smallest absolute Gasteiger partial charge is 0.119 e. The maximum Gasteiger partial charge on any atom is 0.119 e. The van der Waals surface area contributed by atoms with Crippen molar-refractivity contribution >= 4 is 38.0 Å². The van der Waals surface area contributed by atoms with E-state index in [0.717, 1.165) is 5.75 Å². The molecule has 0 radical (unpaired) electrons. The van der Waals surface area contributed by atoms with Gasteiger partial charge in [-0.15, -0.1) is 11.3 Å². The van der Waals surface area contributed by atoms with Gasteiger partial charge in [0.15, 0.2) is 0 Å².